The molecule has 0 aromatic rings. The number of ether oxygens (including phenoxy) is 1. The molecule has 0 aliphatic heterocycles. The molecule has 0 aromatic carbocycles. The van der Waals surface area contributed by atoms with E-state index in [0.717, 1.165) is 12.5 Å². The number of unbranched alkanes of at least 4 members (excludes halogenated alkanes) is 9. The molecule has 23 heavy (non-hydrogen) atoms. The Morgan fingerprint density at radius 3 is 1.70 bits per heavy atom. The van der Waals surface area contributed by atoms with Gasteiger partial charge in [0.05, 0.1) is 6.61 Å². The van der Waals surface area contributed by atoms with E-state index in [-0.39, 0.29) is 5.97 Å². The van der Waals surface area contributed by atoms with Gasteiger partial charge in [0.15, 0.2) is 0 Å². The number of carboxylic acid groups (broad SMARTS) is 1. The Labute approximate surface area is 141 Å². The van der Waals surface area contributed by atoms with Gasteiger partial charge in [-0.05, 0) is 13.3 Å². The predicted molar refractivity (Wildman–Crippen MR) is 95.4 cm³/mol. The Morgan fingerprint density at radius 1 is 0.957 bits per heavy atom. The number of carbonyl (C=O) groups is 2. The maximum absolute atomic E-state index is 11.1. The normalized spacial score (nSPS) is 9.48. The lowest BCUT2D eigenvalue weighted by Gasteiger charge is -2.04. The number of esters is 1. The maximum Gasteiger partial charge on any atom is 0.333 e. The second kappa shape index (κ2) is 18.5. The van der Waals surface area contributed by atoms with Crippen molar-refractivity contribution in [3.63, 3.8) is 0 Å². The lowest BCUT2D eigenvalue weighted by molar-refractivity contribution is -0.139. The largest absolute Gasteiger partial charge is 0.478 e. The van der Waals surface area contributed by atoms with Gasteiger partial charge in [0, 0.05) is 11.6 Å². The van der Waals surface area contributed by atoms with Crippen LogP contribution in [0, 0.1) is 0 Å². The van der Waals surface area contributed by atoms with Crippen molar-refractivity contribution in [1.82, 2.24) is 0 Å². The van der Waals surface area contributed by atoms with Crippen LogP contribution in [-0.4, -0.2) is 23.7 Å². The first kappa shape index (κ1) is 23.7. The fourth-order valence-corrected chi connectivity index (χ4v) is 1.88. The van der Waals surface area contributed by atoms with Gasteiger partial charge < -0.3 is 9.84 Å². The first-order chi connectivity index (χ1) is 11.0. The van der Waals surface area contributed by atoms with Gasteiger partial charge in [-0.25, -0.2) is 9.59 Å². The quantitative estimate of drug-likeness (QED) is 0.284. The molecule has 4 heteroatoms. The second-order valence-electron chi connectivity index (χ2n) is 5.64. The Morgan fingerprint density at radius 2 is 1.35 bits per heavy atom. The summed E-state index contributed by atoms with van der Waals surface area (Å²) in [6.07, 6.45) is 13.8. The van der Waals surface area contributed by atoms with Crippen molar-refractivity contribution < 1.29 is 19.4 Å². The molecule has 0 amide bonds. The van der Waals surface area contributed by atoms with Crippen molar-refractivity contribution in [2.24, 2.45) is 0 Å². The number of hydrogen-bond donors (Lipinski definition) is 1. The van der Waals surface area contributed by atoms with E-state index in [1.54, 1.807) is 6.92 Å². The molecule has 0 aromatic heterocycles. The fourth-order valence-electron chi connectivity index (χ4n) is 1.88. The van der Waals surface area contributed by atoms with Crippen LogP contribution in [0.25, 0.3) is 0 Å². The van der Waals surface area contributed by atoms with E-state index >= 15 is 0 Å². The second-order valence-corrected chi connectivity index (χ2v) is 5.64. The van der Waals surface area contributed by atoms with Crippen molar-refractivity contribution in [3.8, 4) is 0 Å². The van der Waals surface area contributed by atoms with Crippen LogP contribution in [0.4, 0.5) is 0 Å². The Balaban J connectivity index is 0. The summed E-state index contributed by atoms with van der Waals surface area (Å²) >= 11 is 0. The molecule has 1 N–H and O–H groups in total. The molecule has 0 unspecified atom stereocenters. The monoisotopic (exact) mass is 326 g/mol. The molecule has 0 spiro atoms. The summed E-state index contributed by atoms with van der Waals surface area (Å²) in [4.78, 5) is 20.3. The van der Waals surface area contributed by atoms with Crippen molar-refractivity contribution in [3.05, 3.63) is 24.8 Å². The Hall–Kier alpha value is -1.58. The molecule has 0 radical (unpaired) electrons. The first-order valence-corrected chi connectivity index (χ1v) is 8.63. The van der Waals surface area contributed by atoms with Crippen LogP contribution < -0.4 is 0 Å². The molecule has 0 aliphatic rings. The van der Waals surface area contributed by atoms with Crippen LogP contribution in [-0.2, 0) is 14.3 Å². The highest BCUT2D eigenvalue weighted by atomic mass is 16.5. The van der Waals surface area contributed by atoms with Gasteiger partial charge in [-0.1, -0.05) is 77.9 Å². The molecule has 0 fully saturated rings. The number of carbonyl (C=O) groups excluding carboxylic acids is 1. The van der Waals surface area contributed by atoms with Crippen LogP contribution in [0.5, 0.6) is 0 Å². The highest BCUT2D eigenvalue weighted by Crippen LogP contribution is 2.10. The van der Waals surface area contributed by atoms with Gasteiger partial charge in [-0.3, -0.25) is 0 Å². The Kier molecular flexibility index (Phi) is 19.0. The lowest BCUT2D eigenvalue weighted by atomic mass is 10.1. The molecule has 134 valence electrons. The summed E-state index contributed by atoms with van der Waals surface area (Å²) in [5.41, 5.74) is 0.488. The highest BCUT2D eigenvalue weighted by Gasteiger charge is 2.01. The summed E-state index contributed by atoms with van der Waals surface area (Å²) in [6.45, 7) is 11.0. The zero-order valence-corrected chi connectivity index (χ0v) is 14.9. The number of aliphatic carboxylic acids is 1. The molecular weight excluding hydrogens is 292 g/mol. The minimum atomic E-state index is -0.981. The van der Waals surface area contributed by atoms with Gasteiger partial charge in [0.1, 0.15) is 0 Å². The van der Waals surface area contributed by atoms with Gasteiger partial charge in [0.2, 0.25) is 0 Å². The maximum atomic E-state index is 11.1. The molecule has 0 aliphatic carbocycles. The molecule has 0 atom stereocenters. The summed E-state index contributed by atoms with van der Waals surface area (Å²) in [5.74, 6) is -1.24. The average molecular weight is 326 g/mol. The minimum Gasteiger partial charge on any atom is -0.478 e. The van der Waals surface area contributed by atoms with Crippen molar-refractivity contribution in [2.45, 2.75) is 78.1 Å². The summed E-state index contributed by atoms with van der Waals surface area (Å²) < 4.78 is 5.04. The molecular formula is C19H34O4. The third-order valence-electron chi connectivity index (χ3n) is 3.25. The van der Waals surface area contributed by atoms with E-state index in [2.05, 4.69) is 20.1 Å². The third kappa shape index (κ3) is 22.8. The lowest BCUT2D eigenvalue weighted by Crippen LogP contribution is -2.05. The summed E-state index contributed by atoms with van der Waals surface area (Å²) in [5, 5.41) is 7.60. The Bertz CT molecular complexity index is 334. The first-order valence-electron chi connectivity index (χ1n) is 8.63. The zero-order valence-electron chi connectivity index (χ0n) is 14.9. The van der Waals surface area contributed by atoms with Crippen LogP contribution in [0.1, 0.15) is 78.1 Å². The van der Waals surface area contributed by atoms with Gasteiger partial charge in [0.25, 0.3) is 0 Å². The fraction of sp³-hybridized carbons (Fsp3) is 0.684. The molecule has 0 saturated carbocycles. The van der Waals surface area contributed by atoms with E-state index in [9.17, 15) is 9.59 Å². The van der Waals surface area contributed by atoms with Crippen molar-refractivity contribution >= 4 is 11.9 Å². The SMILES string of the molecule is C=C(C)C(=O)OCCCCCCCCCCCC.C=CC(=O)O. The number of hydrogen-bond acceptors (Lipinski definition) is 3. The standard InChI is InChI=1S/C16H30O2.C3H4O2/c1-4-5-6-7-8-9-10-11-12-13-14-18-16(17)15(2)3;1-2-3(4)5/h2,4-14H2,1,3H3;2H,1H2,(H,4,5). The molecule has 0 heterocycles. The minimum absolute atomic E-state index is 0.258. The van der Waals surface area contributed by atoms with Crippen molar-refractivity contribution in [1.29, 1.82) is 0 Å². The van der Waals surface area contributed by atoms with Crippen LogP contribution in [0.3, 0.4) is 0 Å². The van der Waals surface area contributed by atoms with Crippen LogP contribution in [0.2, 0.25) is 0 Å². The van der Waals surface area contributed by atoms with Gasteiger partial charge >= 0.3 is 11.9 Å². The molecule has 0 rings (SSSR count). The predicted octanol–water partition coefficient (Wildman–Crippen LogP) is 5.28. The topological polar surface area (TPSA) is 63.6 Å². The van der Waals surface area contributed by atoms with E-state index in [4.69, 9.17) is 9.84 Å². The summed E-state index contributed by atoms with van der Waals surface area (Å²) in [6, 6.07) is 0. The number of rotatable bonds is 13. The smallest absolute Gasteiger partial charge is 0.333 e. The van der Waals surface area contributed by atoms with Crippen molar-refractivity contribution in [2.75, 3.05) is 6.61 Å². The average Bonchev–Trinajstić information content (AvgIpc) is 2.52. The van der Waals surface area contributed by atoms with Crippen LogP contribution >= 0.6 is 0 Å². The molecule has 0 saturated heterocycles. The van der Waals surface area contributed by atoms with E-state index in [1.165, 1.54) is 57.8 Å². The summed E-state index contributed by atoms with van der Waals surface area (Å²) in [7, 11) is 0. The van der Waals surface area contributed by atoms with E-state index < -0.39 is 5.97 Å². The molecule has 4 nitrogen and oxygen atoms in total. The van der Waals surface area contributed by atoms with E-state index in [0.29, 0.717) is 12.2 Å². The van der Waals surface area contributed by atoms with Gasteiger partial charge in [-0.2, -0.15) is 0 Å². The van der Waals surface area contributed by atoms with Crippen LogP contribution in [0.15, 0.2) is 24.8 Å². The van der Waals surface area contributed by atoms with Gasteiger partial charge in [-0.15, -0.1) is 0 Å². The zero-order chi connectivity index (χ0) is 17.9. The van der Waals surface area contributed by atoms with E-state index in [1.807, 2.05) is 0 Å². The highest BCUT2D eigenvalue weighted by molar-refractivity contribution is 5.86. The molecule has 0 bridgehead atoms. The number of carboxylic acids is 1. The third-order valence-corrected chi connectivity index (χ3v) is 3.25.